The molecule has 0 aliphatic heterocycles. The van der Waals surface area contributed by atoms with E-state index in [0.29, 0.717) is 12.0 Å². The second-order valence-corrected chi connectivity index (χ2v) is 3.94. The number of carbonyl (C=O) groups excluding carboxylic acids is 1. The average Bonchev–Trinajstić information content (AvgIpc) is 2.12. The van der Waals surface area contributed by atoms with Crippen LogP contribution in [0.25, 0.3) is 0 Å². The molecule has 0 saturated heterocycles. The SMILES string of the molecule is CNC(C)C(=O)N(C)C(C)C(C)C. The smallest absolute Gasteiger partial charge is 0.239 e. The molecule has 2 atom stereocenters. The molecule has 0 aliphatic carbocycles. The van der Waals surface area contributed by atoms with Gasteiger partial charge in [0.2, 0.25) is 5.91 Å². The number of rotatable bonds is 4. The molecule has 0 rings (SSSR count). The van der Waals surface area contributed by atoms with Crippen molar-refractivity contribution in [3.05, 3.63) is 0 Å². The highest BCUT2D eigenvalue weighted by Gasteiger charge is 2.21. The topological polar surface area (TPSA) is 32.3 Å². The molecule has 1 N–H and O–H groups in total. The van der Waals surface area contributed by atoms with Gasteiger partial charge in [-0.15, -0.1) is 0 Å². The van der Waals surface area contributed by atoms with E-state index in [1.807, 2.05) is 18.9 Å². The van der Waals surface area contributed by atoms with Crippen LogP contribution in [0.4, 0.5) is 0 Å². The highest BCUT2D eigenvalue weighted by Crippen LogP contribution is 2.08. The van der Waals surface area contributed by atoms with Gasteiger partial charge in [0.05, 0.1) is 6.04 Å². The maximum Gasteiger partial charge on any atom is 0.239 e. The number of hydrogen-bond donors (Lipinski definition) is 1. The van der Waals surface area contributed by atoms with E-state index in [2.05, 4.69) is 26.1 Å². The fraction of sp³-hybridized carbons (Fsp3) is 0.900. The fourth-order valence-electron chi connectivity index (χ4n) is 1.08. The van der Waals surface area contributed by atoms with Crippen LogP contribution in [0.1, 0.15) is 27.7 Å². The quantitative estimate of drug-likeness (QED) is 0.713. The Morgan fingerprint density at radius 2 is 1.69 bits per heavy atom. The molecule has 13 heavy (non-hydrogen) atoms. The van der Waals surface area contributed by atoms with E-state index < -0.39 is 0 Å². The first-order valence-electron chi connectivity index (χ1n) is 4.85. The predicted molar refractivity (Wildman–Crippen MR) is 55.6 cm³/mol. The van der Waals surface area contributed by atoms with Crippen molar-refractivity contribution in [3.8, 4) is 0 Å². The molecule has 0 bridgehead atoms. The summed E-state index contributed by atoms with van der Waals surface area (Å²) in [7, 11) is 3.66. The monoisotopic (exact) mass is 186 g/mol. The van der Waals surface area contributed by atoms with E-state index >= 15 is 0 Å². The van der Waals surface area contributed by atoms with Crippen LogP contribution in [-0.2, 0) is 4.79 Å². The van der Waals surface area contributed by atoms with Crippen LogP contribution in [0.5, 0.6) is 0 Å². The molecule has 0 aliphatic rings. The largest absolute Gasteiger partial charge is 0.341 e. The number of carbonyl (C=O) groups is 1. The molecule has 1 amide bonds. The lowest BCUT2D eigenvalue weighted by Crippen LogP contribution is -2.46. The standard InChI is InChI=1S/C10H22N2O/c1-7(2)9(4)12(6)10(13)8(3)11-5/h7-9,11H,1-6H3. The van der Waals surface area contributed by atoms with Crippen LogP contribution in [-0.4, -0.2) is 37.0 Å². The van der Waals surface area contributed by atoms with Crippen molar-refractivity contribution in [2.24, 2.45) is 5.92 Å². The minimum Gasteiger partial charge on any atom is -0.341 e. The minimum atomic E-state index is -0.0915. The summed E-state index contributed by atoms with van der Waals surface area (Å²) in [6.07, 6.45) is 0. The molecular weight excluding hydrogens is 164 g/mol. The summed E-state index contributed by atoms with van der Waals surface area (Å²) >= 11 is 0. The van der Waals surface area contributed by atoms with Crippen molar-refractivity contribution in [3.63, 3.8) is 0 Å². The van der Waals surface area contributed by atoms with E-state index in [4.69, 9.17) is 0 Å². The van der Waals surface area contributed by atoms with Crippen molar-refractivity contribution in [2.45, 2.75) is 39.8 Å². The molecule has 0 aromatic carbocycles. The number of amides is 1. The van der Waals surface area contributed by atoms with Crippen LogP contribution >= 0.6 is 0 Å². The highest BCUT2D eigenvalue weighted by atomic mass is 16.2. The Bertz CT molecular complexity index is 168. The number of likely N-dealkylation sites (N-methyl/N-ethyl adjacent to an activating group) is 2. The summed E-state index contributed by atoms with van der Waals surface area (Å²) < 4.78 is 0. The third-order valence-electron chi connectivity index (χ3n) is 2.73. The van der Waals surface area contributed by atoms with Gasteiger partial charge >= 0.3 is 0 Å². The molecule has 0 saturated carbocycles. The molecule has 0 fully saturated rings. The summed E-state index contributed by atoms with van der Waals surface area (Å²) in [6, 6.07) is 0.203. The molecule has 3 nitrogen and oxygen atoms in total. The van der Waals surface area contributed by atoms with Gasteiger partial charge in [-0.3, -0.25) is 4.79 Å². The Labute approximate surface area is 81.5 Å². The normalized spacial score (nSPS) is 15.6. The van der Waals surface area contributed by atoms with Gasteiger partial charge in [-0.1, -0.05) is 13.8 Å². The van der Waals surface area contributed by atoms with Crippen LogP contribution in [0.3, 0.4) is 0 Å². The van der Waals surface area contributed by atoms with Crippen molar-refractivity contribution in [1.29, 1.82) is 0 Å². The van der Waals surface area contributed by atoms with Crippen LogP contribution < -0.4 is 5.32 Å². The van der Waals surface area contributed by atoms with Crippen molar-refractivity contribution in [2.75, 3.05) is 14.1 Å². The minimum absolute atomic E-state index is 0.0915. The van der Waals surface area contributed by atoms with E-state index in [9.17, 15) is 4.79 Å². The van der Waals surface area contributed by atoms with E-state index in [1.165, 1.54) is 0 Å². The summed E-state index contributed by atoms with van der Waals surface area (Å²) in [4.78, 5) is 13.5. The van der Waals surface area contributed by atoms with Gasteiger partial charge in [0.25, 0.3) is 0 Å². The lowest BCUT2D eigenvalue weighted by Gasteiger charge is -2.30. The third kappa shape index (κ3) is 3.35. The van der Waals surface area contributed by atoms with Gasteiger partial charge in [-0.05, 0) is 26.8 Å². The maximum atomic E-state index is 11.7. The van der Waals surface area contributed by atoms with Gasteiger partial charge in [-0.25, -0.2) is 0 Å². The van der Waals surface area contributed by atoms with Crippen molar-refractivity contribution >= 4 is 5.91 Å². The predicted octanol–water partition coefficient (Wildman–Crippen LogP) is 1.10. The first kappa shape index (κ1) is 12.4. The lowest BCUT2D eigenvalue weighted by atomic mass is 10.0. The molecule has 78 valence electrons. The van der Waals surface area contributed by atoms with E-state index in [-0.39, 0.29) is 11.9 Å². The molecule has 0 aromatic heterocycles. The first-order chi connectivity index (χ1) is 5.91. The summed E-state index contributed by atoms with van der Waals surface area (Å²) in [5.74, 6) is 0.654. The molecular formula is C10H22N2O. The maximum absolute atomic E-state index is 11.7. The third-order valence-corrected chi connectivity index (χ3v) is 2.73. The number of nitrogens with one attached hydrogen (secondary N) is 1. The van der Waals surface area contributed by atoms with E-state index in [0.717, 1.165) is 0 Å². The van der Waals surface area contributed by atoms with Crippen molar-refractivity contribution < 1.29 is 4.79 Å². The summed E-state index contributed by atoms with van der Waals surface area (Å²) in [5, 5.41) is 2.95. The van der Waals surface area contributed by atoms with Crippen molar-refractivity contribution in [1.82, 2.24) is 10.2 Å². The van der Waals surface area contributed by atoms with Gasteiger partial charge in [0.15, 0.2) is 0 Å². The van der Waals surface area contributed by atoms with Gasteiger partial charge in [0.1, 0.15) is 0 Å². The average molecular weight is 186 g/mol. The van der Waals surface area contributed by atoms with Crippen LogP contribution in [0.2, 0.25) is 0 Å². The second kappa shape index (κ2) is 5.22. The van der Waals surface area contributed by atoms with Gasteiger partial charge in [0, 0.05) is 13.1 Å². The molecule has 0 heterocycles. The molecule has 2 unspecified atom stereocenters. The Kier molecular flexibility index (Phi) is 4.99. The van der Waals surface area contributed by atoms with Gasteiger partial charge < -0.3 is 10.2 Å². The number of nitrogens with zero attached hydrogens (tertiary/aromatic N) is 1. The Hall–Kier alpha value is -0.570. The molecule has 0 aromatic rings. The fourth-order valence-corrected chi connectivity index (χ4v) is 1.08. The lowest BCUT2D eigenvalue weighted by molar-refractivity contribution is -0.134. The van der Waals surface area contributed by atoms with Crippen LogP contribution in [0.15, 0.2) is 0 Å². The highest BCUT2D eigenvalue weighted by molar-refractivity contribution is 5.81. The first-order valence-corrected chi connectivity index (χ1v) is 4.85. The Balaban J connectivity index is 4.25. The molecule has 0 radical (unpaired) electrons. The molecule has 0 spiro atoms. The summed E-state index contributed by atoms with van der Waals surface area (Å²) in [5.41, 5.74) is 0. The zero-order valence-corrected chi connectivity index (χ0v) is 9.59. The Morgan fingerprint density at radius 3 is 2.00 bits per heavy atom. The van der Waals surface area contributed by atoms with E-state index in [1.54, 1.807) is 7.05 Å². The summed E-state index contributed by atoms with van der Waals surface area (Å²) in [6.45, 7) is 8.20. The molecule has 3 heteroatoms. The van der Waals surface area contributed by atoms with Crippen LogP contribution in [0, 0.1) is 5.92 Å². The zero-order valence-electron chi connectivity index (χ0n) is 9.59. The Morgan fingerprint density at radius 1 is 1.23 bits per heavy atom. The number of hydrogen-bond acceptors (Lipinski definition) is 2. The van der Waals surface area contributed by atoms with Gasteiger partial charge in [-0.2, -0.15) is 0 Å². The second-order valence-electron chi connectivity index (χ2n) is 3.94. The zero-order chi connectivity index (χ0) is 10.6.